The Hall–Kier alpha value is -1.46. The summed E-state index contributed by atoms with van der Waals surface area (Å²) in [5.74, 6) is -1.13. The van der Waals surface area contributed by atoms with Gasteiger partial charge in [0.05, 0.1) is 10.9 Å². The summed E-state index contributed by atoms with van der Waals surface area (Å²) in [5, 5.41) is 9.77. The van der Waals surface area contributed by atoms with E-state index >= 15 is 0 Å². The molecule has 1 saturated heterocycles. The van der Waals surface area contributed by atoms with Crippen molar-refractivity contribution in [3.8, 4) is 5.75 Å². The van der Waals surface area contributed by atoms with Crippen LogP contribution in [0.15, 0.2) is 18.2 Å². The minimum atomic E-state index is -0.806. The molecule has 1 aliphatic rings. The Kier molecular flexibility index (Phi) is 5.76. The minimum Gasteiger partial charge on any atom is -0.481 e. The van der Waals surface area contributed by atoms with Gasteiger partial charge in [-0.2, -0.15) is 0 Å². The van der Waals surface area contributed by atoms with Gasteiger partial charge < -0.3 is 14.7 Å². The highest BCUT2D eigenvalue weighted by Gasteiger charge is 2.34. The van der Waals surface area contributed by atoms with Crippen molar-refractivity contribution in [2.75, 3.05) is 13.1 Å². The van der Waals surface area contributed by atoms with E-state index in [1.165, 1.54) is 0 Å². The third kappa shape index (κ3) is 4.09. The minimum absolute atomic E-state index is 0.0906. The van der Waals surface area contributed by atoms with E-state index in [4.69, 9.17) is 33.0 Å². The van der Waals surface area contributed by atoms with Crippen LogP contribution in [0.3, 0.4) is 0 Å². The lowest BCUT2D eigenvalue weighted by atomic mass is 9.87. The number of hydrogen-bond acceptors (Lipinski definition) is 3. The average Bonchev–Trinajstić information content (AvgIpc) is 2.50. The van der Waals surface area contributed by atoms with Crippen molar-refractivity contribution in [3.05, 3.63) is 28.2 Å². The molecule has 1 aromatic carbocycles. The Labute approximate surface area is 145 Å². The predicted molar refractivity (Wildman–Crippen MR) is 88.0 cm³/mol. The van der Waals surface area contributed by atoms with Gasteiger partial charge in [-0.05, 0) is 31.4 Å². The van der Waals surface area contributed by atoms with Gasteiger partial charge in [0.2, 0.25) is 0 Å². The zero-order valence-electron chi connectivity index (χ0n) is 13.0. The molecule has 1 N–H and O–H groups in total. The molecule has 1 heterocycles. The number of aliphatic carboxylic acids is 1. The molecule has 7 heteroatoms. The second kappa shape index (κ2) is 7.41. The summed E-state index contributed by atoms with van der Waals surface area (Å²) in [6.07, 6.45) is -0.271. The number of carboxylic acids is 1. The van der Waals surface area contributed by atoms with Crippen LogP contribution in [-0.4, -0.2) is 41.1 Å². The number of hydrogen-bond donors (Lipinski definition) is 1. The molecule has 3 atom stereocenters. The number of amides is 1. The third-order valence-corrected chi connectivity index (χ3v) is 4.90. The monoisotopic (exact) mass is 359 g/mol. The summed E-state index contributed by atoms with van der Waals surface area (Å²) in [6.45, 7) is 4.31. The Balaban J connectivity index is 2.00. The summed E-state index contributed by atoms with van der Waals surface area (Å²) in [7, 11) is 0. The number of likely N-dealkylation sites (tertiary alicyclic amines) is 1. The van der Waals surface area contributed by atoms with E-state index in [0.29, 0.717) is 30.3 Å². The Morgan fingerprint density at radius 3 is 2.70 bits per heavy atom. The van der Waals surface area contributed by atoms with Crippen LogP contribution in [0.25, 0.3) is 0 Å². The van der Waals surface area contributed by atoms with Crippen LogP contribution < -0.4 is 4.74 Å². The van der Waals surface area contributed by atoms with Gasteiger partial charge in [-0.15, -0.1) is 0 Å². The normalized spacial score (nSPS) is 22.5. The van der Waals surface area contributed by atoms with Gasteiger partial charge in [0.25, 0.3) is 5.91 Å². The van der Waals surface area contributed by atoms with Crippen LogP contribution in [0.4, 0.5) is 0 Å². The Morgan fingerprint density at radius 2 is 2.09 bits per heavy atom. The smallest absolute Gasteiger partial charge is 0.306 e. The molecule has 2 rings (SSSR count). The molecule has 1 aromatic rings. The molecular formula is C16H19Cl2NO4. The lowest BCUT2D eigenvalue weighted by Crippen LogP contribution is -2.49. The van der Waals surface area contributed by atoms with E-state index in [-0.39, 0.29) is 16.8 Å². The molecule has 0 spiro atoms. The number of carbonyl (C=O) groups excluding carboxylic acids is 1. The number of carboxylic acid groups (broad SMARTS) is 1. The molecule has 23 heavy (non-hydrogen) atoms. The van der Waals surface area contributed by atoms with Crippen molar-refractivity contribution in [3.63, 3.8) is 0 Å². The third-order valence-electron chi connectivity index (χ3n) is 4.10. The van der Waals surface area contributed by atoms with Crippen LogP contribution in [0.1, 0.15) is 20.3 Å². The fourth-order valence-electron chi connectivity index (χ4n) is 2.79. The van der Waals surface area contributed by atoms with E-state index in [0.717, 1.165) is 0 Å². The largest absolute Gasteiger partial charge is 0.481 e. The second-order valence-electron chi connectivity index (χ2n) is 5.81. The molecule has 1 fully saturated rings. The molecule has 1 aliphatic heterocycles. The maximum atomic E-state index is 12.5. The Bertz CT molecular complexity index is 608. The molecule has 0 saturated carbocycles. The maximum absolute atomic E-state index is 12.5. The summed E-state index contributed by atoms with van der Waals surface area (Å²) >= 11 is 12.0. The molecule has 1 amide bonds. The van der Waals surface area contributed by atoms with E-state index in [9.17, 15) is 9.59 Å². The first-order chi connectivity index (χ1) is 10.8. The zero-order chi connectivity index (χ0) is 17.1. The summed E-state index contributed by atoms with van der Waals surface area (Å²) < 4.78 is 5.63. The average molecular weight is 360 g/mol. The number of ether oxygens (including phenoxy) is 1. The number of nitrogens with zero attached hydrogens (tertiary/aromatic N) is 1. The number of carbonyl (C=O) groups is 2. The highest BCUT2D eigenvalue weighted by molar-refractivity contribution is 6.42. The van der Waals surface area contributed by atoms with Crippen molar-refractivity contribution in [2.24, 2.45) is 11.8 Å². The van der Waals surface area contributed by atoms with Gasteiger partial charge in [0.1, 0.15) is 10.8 Å². The highest BCUT2D eigenvalue weighted by Crippen LogP contribution is 2.32. The van der Waals surface area contributed by atoms with Crippen molar-refractivity contribution < 1.29 is 19.4 Å². The van der Waals surface area contributed by atoms with Crippen molar-refractivity contribution in [1.82, 2.24) is 4.90 Å². The number of rotatable bonds is 4. The molecular weight excluding hydrogens is 341 g/mol. The zero-order valence-corrected chi connectivity index (χ0v) is 14.5. The van der Waals surface area contributed by atoms with Crippen molar-refractivity contribution >= 4 is 35.1 Å². The van der Waals surface area contributed by atoms with Gasteiger partial charge >= 0.3 is 5.97 Å². The number of benzene rings is 1. The van der Waals surface area contributed by atoms with E-state index in [1.54, 1.807) is 30.0 Å². The van der Waals surface area contributed by atoms with Crippen molar-refractivity contribution in [2.45, 2.75) is 26.4 Å². The lowest BCUT2D eigenvalue weighted by Gasteiger charge is -2.36. The molecule has 0 aliphatic carbocycles. The first kappa shape index (κ1) is 17.9. The molecule has 0 radical (unpaired) electrons. The lowest BCUT2D eigenvalue weighted by molar-refractivity contribution is -0.150. The van der Waals surface area contributed by atoms with Crippen LogP contribution in [0.5, 0.6) is 5.75 Å². The molecule has 3 unspecified atom stereocenters. The first-order valence-corrected chi connectivity index (χ1v) is 8.19. The van der Waals surface area contributed by atoms with Gasteiger partial charge in [-0.1, -0.05) is 36.2 Å². The van der Waals surface area contributed by atoms with E-state index in [1.807, 2.05) is 6.92 Å². The summed E-state index contributed by atoms with van der Waals surface area (Å²) in [4.78, 5) is 25.3. The van der Waals surface area contributed by atoms with E-state index < -0.39 is 18.0 Å². The molecule has 0 aromatic heterocycles. The van der Waals surface area contributed by atoms with Crippen LogP contribution in [0.2, 0.25) is 10.0 Å². The second-order valence-corrected chi connectivity index (χ2v) is 6.59. The topological polar surface area (TPSA) is 66.8 Å². The van der Waals surface area contributed by atoms with Crippen molar-refractivity contribution in [1.29, 1.82) is 0 Å². The SMILES string of the molecule is CC(Oc1cccc(Cl)c1Cl)C(=O)N1CCC(C(=O)O)C(C)C1. The van der Waals surface area contributed by atoms with Crippen LogP contribution >= 0.6 is 23.2 Å². The quantitative estimate of drug-likeness (QED) is 0.895. The highest BCUT2D eigenvalue weighted by atomic mass is 35.5. The molecule has 0 bridgehead atoms. The Morgan fingerprint density at radius 1 is 1.39 bits per heavy atom. The first-order valence-electron chi connectivity index (χ1n) is 7.43. The van der Waals surface area contributed by atoms with Crippen LogP contribution in [0, 0.1) is 11.8 Å². The number of halogens is 2. The van der Waals surface area contributed by atoms with Gasteiger partial charge in [-0.3, -0.25) is 9.59 Å². The number of piperidine rings is 1. The van der Waals surface area contributed by atoms with Crippen LogP contribution in [-0.2, 0) is 9.59 Å². The van der Waals surface area contributed by atoms with Gasteiger partial charge in [0, 0.05) is 13.1 Å². The van der Waals surface area contributed by atoms with Gasteiger partial charge in [0.15, 0.2) is 6.10 Å². The van der Waals surface area contributed by atoms with Gasteiger partial charge in [-0.25, -0.2) is 0 Å². The predicted octanol–water partition coefficient (Wildman–Crippen LogP) is 3.33. The maximum Gasteiger partial charge on any atom is 0.306 e. The van der Waals surface area contributed by atoms with E-state index in [2.05, 4.69) is 0 Å². The fourth-order valence-corrected chi connectivity index (χ4v) is 3.12. The standard InChI is InChI=1S/C16H19Cl2NO4/c1-9-8-19(7-6-11(9)16(21)22)15(20)10(2)23-13-5-3-4-12(17)14(13)18/h3-5,9-11H,6-8H2,1-2H3,(H,21,22). The fraction of sp³-hybridized carbons (Fsp3) is 0.500. The molecule has 5 nitrogen and oxygen atoms in total. The summed E-state index contributed by atoms with van der Waals surface area (Å²) in [6, 6.07) is 4.99. The summed E-state index contributed by atoms with van der Waals surface area (Å²) in [5.41, 5.74) is 0. The molecule has 126 valence electrons.